The summed E-state index contributed by atoms with van der Waals surface area (Å²) in [7, 11) is 0. The molecule has 3 heteroatoms. The Kier molecular flexibility index (Phi) is 4.70. The normalized spacial score (nSPS) is 9.88. The fourth-order valence-electron chi connectivity index (χ4n) is 1.53. The second-order valence-electron chi connectivity index (χ2n) is 3.57. The summed E-state index contributed by atoms with van der Waals surface area (Å²) >= 11 is 0. The Morgan fingerprint density at radius 1 is 1.44 bits per heavy atom. The van der Waals surface area contributed by atoms with E-state index in [0.29, 0.717) is 18.6 Å². The number of ether oxygens (including phenoxy) is 1. The van der Waals surface area contributed by atoms with Gasteiger partial charge in [0.2, 0.25) is 0 Å². The maximum atomic E-state index is 11.4. The first-order valence-electron chi connectivity index (χ1n) is 5.39. The van der Waals surface area contributed by atoms with Crippen molar-refractivity contribution >= 4 is 12.3 Å². The van der Waals surface area contributed by atoms with Crippen molar-refractivity contribution in [3.63, 3.8) is 0 Å². The Hall–Kier alpha value is -1.64. The van der Waals surface area contributed by atoms with Gasteiger partial charge in [0, 0.05) is 6.42 Å². The SMILES string of the molecule is CCOC(=O)c1ccc(CCC=O)c(C)c1. The number of carbonyl (C=O) groups is 2. The molecule has 0 aliphatic heterocycles. The summed E-state index contributed by atoms with van der Waals surface area (Å²) < 4.78 is 4.91. The summed E-state index contributed by atoms with van der Waals surface area (Å²) in [4.78, 5) is 21.7. The summed E-state index contributed by atoms with van der Waals surface area (Å²) in [6.45, 7) is 4.09. The third kappa shape index (κ3) is 3.19. The predicted octanol–water partition coefficient (Wildman–Crippen LogP) is 2.30. The Bertz CT molecular complexity index is 383. The Morgan fingerprint density at radius 2 is 2.19 bits per heavy atom. The average Bonchev–Trinajstić information content (AvgIpc) is 2.27. The van der Waals surface area contributed by atoms with Gasteiger partial charge in [0.25, 0.3) is 0 Å². The molecule has 1 rings (SSSR count). The zero-order valence-corrected chi connectivity index (χ0v) is 9.66. The highest BCUT2D eigenvalue weighted by Crippen LogP contribution is 2.13. The summed E-state index contributed by atoms with van der Waals surface area (Å²) in [5, 5.41) is 0. The molecule has 0 unspecified atom stereocenters. The van der Waals surface area contributed by atoms with Gasteiger partial charge in [-0.3, -0.25) is 0 Å². The molecule has 3 nitrogen and oxygen atoms in total. The summed E-state index contributed by atoms with van der Waals surface area (Å²) in [5.41, 5.74) is 2.68. The van der Waals surface area contributed by atoms with Crippen LogP contribution in [0.3, 0.4) is 0 Å². The number of carbonyl (C=O) groups excluding carboxylic acids is 2. The van der Waals surface area contributed by atoms with E-state index in [2.05, 4.69) is 0 Å². The largest absolute Gasteiger partial charge is 0.462 e. The lowest BCUT2D eigenvalue weighted by Crippen LogP contribution is -2.05. The van der Waals surface area contributed by atoms with Gasteiger partial charge in [0.1, 0.15) is 6.29 Å². The highest BCUT2D eigenvalue weighted by Gasteiger charge is 2.07. The number of aldehydes is 1. The van der Waals surface area contributed by atoms with E-state index in [9.17, 15) is 9.59 Å². The van der Waals surface area contributed by atoms with E-state index in [4.69, 9.17) is 4.74 Å². The molecule has 0 fully saturated rings. The highest BCUT2D eigenvalue weighted by molar-refractivity contribution is 5.89. The maximum absolute atomic E-state index is 11.4. The minimum atomic E-state index is -0.299. The molecule has 0 spiro atoms. The average molecular weight is 220 g/mol. The molecule has 86 valence electrons. The number of rotatable bonds is 5. The van der Waals surface area contributed by atoms with Crippen LogP contribution in [0.4, 0.5) is 0 Å². The zero-order valence-electron chi connectivity index (χ0n) is 9.66. The van der Waals surface area contributed by atoms with Crippen molar-refractivity contribution in [2.45, 2.75) is 26.7 Å². The van der Waals surface area contributed by atoms with Crippen molar-refractivity contribution in [3.8, 4) is 0 Å². The number of aryl methyl sites for hydroxylation is 2. The molecule has 0 atom stereocenters. The van der Waals surface area contributed by atoms with Crippen LogP contribution < -0.4 is 0 Å². The fourth-order valence-corrected chi connectivity index (χ4v) is 1.53. The second kappa shape index (κ2) is 6.05. The standard InChI is InChI=1S/C13H16O3/c1-3-16-13(15)12-7-6-11(5-4-8-14)10(2)9-12/h6-9H,3-5H2,1-2H3. The molecule has 0 heterocycles. The molecule has 1 aromatic rings. The molecular formula is C13H16O3. The van der Waals surface area contributed by atoms with E-state index >= 15 is 0 Å². The zero-order chi connectivity index (χ0) is 12.0. The third-order valence-corrected chi connectivity index (χ3v) is 2.39. The van der Waals surface area contributed by atoms with E-state index in [1.807, 2.05) is 13.0 Å². The van der Waals surface area contributed by atoms with E-state index in [0.717, 1.165) is 23.8 Å². The maximum Gasteiger partial charge on any atom is 0.338 e. The smallest absolute Gasteiger partial charge is 0.338 e. The van der Waals surface area contributed by atoms with Crippen molar-refractivity contribution in [1.29, 1.82) is 0 Å². The topological polar surface area (TPSA) is 43.4 Å². The molecule has 0 radical (unpaired) electrons. The Balaban J connectivity index is 2.81. The van der Waals surface area contributed by atoms with Crippen LogP contribution in [-0.4, -0.2) is 18.9 Å². The van der Waals surface area contributed by atoms with Crippen LogP contribution in [0.15, 0.2) is 18.2 Å². The van der Waals surface area contributed by atoms with E-state index in [-0.39, 0.29) is 5.97 Å². The van der Waals surface area contributed by atoms with Crippen LogP contribution in [0.25, 0.3) is 0 Å². The molecule has 16 heavy (non-hydrogen) atoms. The molecule has 0 N–H and O–H groups in total. The number of hydrogen-bond donors (Lipinski definition) is 0. The molecule has 0 amide bonds. The van der Waals surface area contributed by atoms with Gasteiger partial charge in [-0.15, -0.1) is 0 Å². The molecular weight excluding hydrogens is 204 g/mol. The summed E-state index contributed by atoms with van der Waals surface area (Å²) in [6.07, 6.45) is 2.14. The first-order chi connectivity index (χ1) is 7.69. The number of hydrogen-bond acceptors (Lipinski definition) is 3. The van der Waals surface area contributed by atoms with Crippen LogP contribution in [-0.2, 0) is 16.0 Å². The van der Waals surface area contributed by atoms with Gasteiger partial charge in [-0.05, 0) is 43.5 Å². The second-order valence-corrected chi connectivity index (χ2v) is 3.57. The summed E-state index contributed by atoms with van der Waals surface area (Å²) in [5.74, 6) is -0.299. The molecule has 0 aliphatic carbocycles. The third-order valence-electron chi connectivity index (χ3n) is 2.39. The van der Waals surface area contributed by atoms with Gasteiger partial charge in [0.15, 0.2) is 0 Å². The lowest BCUT2D eigenvalue weighted by molar-refractivity contribution is -0.107. The minimum absolute atomic E-state index is 0.299. The predicted molar refractivity (Wildman–Crippen MR) is 61.5 cm³/mol. The fraction of sp³-hybridized carbons (Fsp3) is 0.385. The van der Waals surface area contributed by atoms with E-state index in [1.54, 1.807) is 19.1 Å². The molecule has 0 saturated heterocycles. The summed E-state index contributed by atoms with van der Waals surface area (Å²) in [6, 6.07) is 5.42. The number of esters is 1. The lowest BCUT2D eigenvalue weighted by Gasteiger charge is -2.06. The van der Waals surface area contributed by atoms with Crippen molar-refractivity contribution in [2.75, 3.05) is 6.61 Å². The van der Waals surface area contributed by atoms with Crippen molar-refractivity contribution in [1.82, 2.24) is 0 Å². The van der Waals surface area contributed by atoms with Gasteiger partial charge < -0.3 is 9.53 Å². The van der Waals surface area contributed by atoms with Crippen molar-refractivity contribution in [3.05, 3.63) is 34.9 Å². The van der Waals surface area contributed by atoms with Crippen LogP contribution >= 0.6 is 0 Å². The van der Waals surface area contributed by atoms with Gasteiger partial charge in [-0.25, -0.2) is 4.79 Å². The van der Waals surface area contributed by atoms with Crippen LogP contribution in [0.1, 0.15) is 34.8 Å². The molecule has 0 aliphatic rings. The van der Waals surface area contributed by atoms with Gasteiger partial charge in [-0.1, -0.05) is 6.07 Å². The highest BCUT2D eigenvalue weighted by atomic mass is 16.5. The van der Waals surface area contributed by atoms with Gasteiger partial charge in [-0.2, -0.15) is 0 Å². The first-order valence-corrected chi connectivity index (χ1v) is 5.39. The molecule has 0 aromatic heterocycles. The van der Waals surface area contributed by atoms with Gasteiger partial charge >= 0.3 is 5.97 Å². The molecule has 0 bridgehead atoms. The van der Waals surface area contributed by atoms with E-state index < -0.39 is 0 Å². The Morgan fingerprint density at radius 3 is 2.75 bits per heavy atom. The molecule has 0 saturated carbocycles. The van der Waals surface area contributed by atoms with Crippen LogP contribution in [0.5, 0.6) is 0 Å². The first kappa shape index (κ1) is 12.4. The van der Waals surface area contributed by atoms with Crippen molar-refractivity contribution < 1.29 is 14.3 Å². The van der Waals surface area contributed by atoms with Gasteiger partial charge in [0.05, 0.1) is 12.2 Å². The van der Waals surface area contributed by atoms with E-state index in [1.165, 1.54) is 0 Å². The number of benzene rings is 1. The lowest BCUT2D eigenvalue weighted by atomic mass is 10.0. The molecule has 1 aromatic carbocycles. The quantitative estimate of drug-likeness (QED) is 0.565. The van der Waals surface area contributed by atoms with Crippen LogP contribution in [0.2, 0.25) is 0 Å². The van der Waals surface area contributed by atoms with Crippen LogP contribution in [0, 0.1) is 6.92 Å². The van der Waals surface area contributed by atoms with Crippen molar-refractivity contribution in [2.24, 2.45) is 0 Å². The Labute approximate surface area is 95.4 Å². The monoisotopic (exact) mass is 220 g/mol. The minimum Gasteiger partial charge on any atom is -0.462 e.